The van der Waals surface area contributed by atoms with Crippen LogP contribution < -0.4 is 5.32 Å². The third-order valence-electron chi connectivity index (χ3n) is 4.21. The van der Waals surface area contributed by atoms with Crippen molar-refractivity contribution in [1.82, 2.24) is 10.2 Å². The quantitative estimate of drug-likeness (QED) is 0.847. The molecule has 1 aliphatic heterocycles. The average molecular weight is 354 g/mol. The summed E-state index contributed by atoms with van der Waals surface area (Å²) in [6.07, 6.45) is 1.27. The van der Waals surface area contributed by atoms with Crippen molar-refractivity contribution >= 4 is 17.8 Å². The van der Waals surface area contributed by atoms with Crippen LogP contribution in [0.25, 0.3) is 0 Å². The highest BCUT2D eigenvalue weighted by atomic mass is 19.1. The molecule has 6 nitrogen and oxygen atoms in total. The molecule has 0 spiro atoms. The van der Waals surface area contributed by atoms with Crippen molar-refractivity contribution in [3.05, 3.63) is 35.4 Å². The van der Waals surface area contributed by atoms with E-state index in [1.54, 1.807) is 0 Å². The summed E-state index contributed by atoms with van der Waals surface area (Å²) in [5.74, 6) is -3.97. The zero-order valence-corrected chi connectivity index (χ0v) is 13.8. The summed E-state index contributed by atoms with van der Waals surface area (Å²) < 4.78 is 28.1. The summed E-state index contributed by atoms with van der Waals surface area (Å²) in [6.45, 7) is 1.44. The largest absolute Gasteiger partial charge is 0.480 e. The predicted molar refractivity (Wildman–Crippen MR) is 84.5 cm³/mol. The lowest BCUT2D eigenvalue weighted by molar-refractivity contribution is -0.152. The molecule has 0 radical (unpaired) electrons. The van der Waals surface area contributed by atoms with Gasteiger partial charge in [-0.25, -0.2) is 13.6 Å². The Kier molecular flexibility index (Phi) is 6.06. The molecule has 0 saturated carbocycles. The Morgan fingerprint density at radius 2 is 1.92 bits per heavy atom. The first-order chi connectivity index (χ1) is 11.8. The minimum atomic E-state index is -1.21. The van der Waals surface area contributed by atoms with Crippen molar-refractivity contribution in [3.63, 3.8) is 0 Å². The van der Waals surface area contributed by atoms with E-state index in [2.05, 4.69) is 5.32 Å². The summed E-state index contributed by atoms with van der Waals surface area (Å²) in [6, 6.07) is 1.11. The summed E-state index contributed by atoms with van der Waals surface area (Å²) in [7, 11) is 0. The van der Waals surface area contributed by atoms with Crippen molar-refractivity contribution in [2.24, 2.45) is 0 Å². The van der Waals surface area contributed by atoms with Crippen molar-refractivity contribution in [1.29, 1.82) is 0 Å². The fourth-order valence-electron chi connectivity index (χ4n) is 3.09. The zero-order valence-electron chi connectivity index (χ0n) is 13.8. The molecule has 0 unspecified atom stereocenters. The number of carboxylic acid groups (broad SMARTS) is 1. The number of likely N-dealkylation sites (tertiary alicyclic amines) is 1. The molecule has 2 N–H and O–H groups in total. The van der Waals surface area contributed by atoms with Gasteiger partial charge in [0.15, 0.2) is 0 Å². The topological polar surface area (TPSA) is 86.7 Å². The highest BCUT2D eigenvalue weighted by Gasteiger charge is 2.34. The molecule has 1 saturated heterocycles. The van der Waals surface area contributed by atoms with Gasteiger partial charge in [0.25, 0.3) is 0 Å². The van der Waals surface area contributed by atoms with Crippen LogP contribution in [0.1, 0.15) is 44.2 Å². The van der Waals surface area contributed by atoms with Gasteiger partial charge in [-0.15, -0.1) is 0 Å². The average Bonchev–Trinajstić information content (AvgIpc) is 2.53. The van der Waals surface area contributed by atoms with Gasteiger partial charge in [-0.2, -0.15) is 0 Å². The van der Waals surface area contributed by atoms with Crippen molar-refractivity contribution in [3.8, 4) is 0 Å². The van der Waals surface area contributed by atoms with Crippen LogP contribution in [0.5, 0.6) is 0 Å². The summed E-state index contributed by atoms with van der Waals surface area (Å²) in [5, 5.41) is 11.6. The number of halogens is 2. The standard InChI is InChI=1S/C17H20F2N2O4/c1-10(22)20-13(16-11(18)5-4-6-12(16)19)9-15(23)21-8-3-2-7-14(21)17(24)25/h4-6,13-14H,2-3,7-9H2,1H3,(H,20,22)(H,24,25)/t13-,14+/m0/s1. The summed E-state index contributed by atoms with van der Waals surface area (Å²) in [5.41, 5.74) is -0.407. The van der Waals surface area contributed by atoms with Gasteiger partial charge < -0.3 is 15.3 Å². The molecule has 25 heavy (non-hydrogen) atoms. The Morgan fingerprint density at radius 3 is 2.48 bits per heavy atom. The van der Waals surface area contributed by atoms with Crippen molar-refractivity contribution in [2.75, 3.05) is 6.54 Å². The number of piperidine rings is 1. The van der Waals surface area contributed by atoms with E-state index in [0.29, 0.717) is 19.3 Å². The molecule has 0 aromatic heterocycles. The molecule has 8 heteroatoms. The Labute approximate surface area is 143 Å². The maximum atomic E-state index is 14.0. The van der Waals surface area contributed by atoms with E-state index in [9.17, 15) is 28.3 Å². The van der Waals surface area contributed by atoms with Crippen LogP contribution in [0.4, 0.5) is 8.78 Å². The third-order valence-corrected chi connectivity index (χ3v) is 4.21. The Hall–Kier alpha value is -2.51. The van der Waals surface area contributed by atoms with Gasteiger partial charge in [-0.3, -0.25) is 9.59 Å². The fourth-order valence-corrected chi connectivity index (χ4v) is 3.09. The van der Waals surface area contributed by atoms with E-state index < -0.39 is 53.5 Å². The number of rotatable bonds is 5. The maximum absolute atomic E-state index is 14.0. The van der Waals surface area contributed by atoms with Crippen LogP contribution in [-0.4, -0.2) is 40.4 Å². The van der Waals surface area contributed by atoms with Crippen LogP contribution in [0.15, 0.2) is 18.2 Å². The highest BCUT2D eigenvalue weighted by Crippen LogP contribution is 2.26. The SMILES string of the molecule is CC(=O)N[C@@H](CC(=O)N1CCCC[C@@H]1C(=O)O)c1c(F)cccc1F. The van der Waals surface area contributed by atoms with Crippen molar-refractivity contribution in [2.45, 2.75) is 44.7 Å². The molecule has 2 amide bonds. The number of amides is 2. The van der Waals surface area contributed by atoms with Gasteiger partial charge in [-0.1, -0.05) is 6.07 Å². The van der Waals surface area contributed by atoms with Gasteiger partial charge in [0.1, 0.15) is 17.7 Å². The Balaban J connectivity index is 2.26. The highest BCUT2D eigenvalue weighted by molar-refractivity contribution is 5.85. The summed E-state index contributed by atoms with van der Waals surface area (Å²) in [4.78, 5) is 36.5. The smallest absolute Gasteiger partial charge is 0.326 e. The van der Waals surface area contributed by atoms with E-state index in [0.717, 1.165) is 12.1 Å². The number of carboxylic acids is 1. The maximum Gasteiger partial charge on any atom is 0.326 e. The van der Waals surface area contributed by atoms with E-state index in [1.807, 2.05) is 0 Å². The molecule has 136 valence electrons. The van der Waals surface area contributed by atoms with Gasteiger partial charge in [0.2, 0.25) is 11.8 Å². The lowest BCUT2D eigenvalue weighted by Gasteiger charge is -2.34. The Bertz CT molecular complexity index is 660. The molecule has 2 atom stereocenters. The molecule has 1 aromatic rings. The van der Waals surface area contributed by atoms with Gasteiger partial charge >= 0.3 is 5.97 Å². The minimum Gasteiger partial charge on any atom is -0.480 e. The second-order valence-electron chi connectivity index (χ2n) is 6.03. The number of nitrogens with zero attached hydrogens (tertiary/aromatic N) is 1. The number of carbonyl (C=O) groups excluding carboxylic acids is 2. The Morgan fingerprint density at radius 1 is 1.28 bits per heavy atom. The first kappa shape index (κ1) is 18.8. The third kappa shape index (κ3) is 4.52. The lowest BCUT2D eigenvalue weighted by atomic mass is 9.98. The number of hydrogen-bond acceptors (Lipinski definition) is 3. The van der Waals surface area contributed by atoms with E-state index >= 15 is 0 Å². The lowest BCUT2D eigenvalue weighted by Crippen LogP contribution is -2.49. The van der Waals surface area contributed by atoms with Gasteiger partial charge in [-0.05, 0) is 31.4 Å². The molecule has 2 rings (SSSR count). The molecule has 1 heterocycles. The zero-order chi connectivity index (χ0) is 18.6. The first-order valence-electron chi connectivity index (χ1n) is 8.04. The van der Waals surface area contributed by atoms with Crippen LogP contribution >= 0.6 is 0 Å². The first-order valence-corrected chi connectivity index (χ1v) is 8.04. The molecular weight excluding hydrogens is 334 g/mol. The number of nitrogens with one attached hydrogen (secondary N) is 1. The van der Waals surface area contributed by atoms with Crippen LogP contribution in [0.2, 0.25) is 0 Å². The number of aliphatic carboxylic acids is 1. The molecule has 0 aliphatic carbocycles. The summed E-state index contributed by atoms with van der Waals surface area (Å²) >= 11 is 0. The molecule has 1 aromatic carbocycles. The van der Waals surface area contributed by atoms with Crippen LogP contribution in [0, 0.1) is 11.6 Å². The van der Waals surface area contributed by atoms with E-state index in [-0.39, 0.29) is 6.54 Å². The molecule has 0 bridgehead atoms. The van der Waals surface area contributed by atoms with E-state index in [4.69, 9.17) is 0 Å². The fraction of sp³-hybridized carbons (Fsp3) is 0.471. The molecule has 1 fully saturated rings. The predicted octanol–water partition coefficient (Wildman–Crippen LogP) is 2.00. The number of benzene rings is 1. The second-order valence-corrected chi connectivity index (χ2v) is 6.03. The number of hydrogen-bond donors (Lipinski definition) is 2. The minimum absolute atomic E-state index is 0.266. The monoisotopic (exact) mass is 354 g/mol. The van der Waals surface area contributed by atoms with E-state index in [1.165, 1.54) is 17.9 Å². The second kappa shape index (κ2) is 8.04. The van der Waals surface area contributed by atoms with Gasteiger partial charge in [0, 0.05) is 19.0 Å². The van der Waals surface area contributed by atoms with Crippen molar-refractivity contribution < 1.29 is 28.3 Å². The molecule has 1 aliphatic rings. The van der Waals surface area contributed by atoms with Gasteiger partial charge in [0.05, 0.1) is 12.5 Å². The van der Waals surface area contributed by atoms with Crippen LogP contribution in [0.3, 0.4) is 0 Å². The normalized spacial score (nSPS) is 18.5. The number of carbonyl (C=O) groups is 3. The molecular formula is C17H20F2N2O4. The van der Waals surface area contributed by atoms with Crippen LogP contribution in [-0.2, 0) is 14.4 Å².